The minimum Gasteiger partial charge on any atom is -0.378 e. The highest BCUT2D eigenvalue weighted by Crippen LogP contribution is 2.30. The molecule has 0 aromatic heterocycles. The second kappa shape index (κ2) is 9.61. The van der Waals surface area contributed by atoms with Crippen molar-refractivity contribution in [2.24, 2.45) is 0 Å². The van der Waals surface area contributed by atoms with E-state index in [1.165, 1.54) is 16.4 Å². The Morgan fingerprint density at radius 3 is 2.66 bits per heavy atom. The van der Waals surface area contributed by atoms with Crippen molar-refractivity contribution in [2.45, 2.75) is 43.6 Å². The zero-order valence-electron chi connectivity index (χ0n) is 16.3. The summed E-state index contributed by atoms with van der Waals surface area (Å²) in [7, 11) is -3.89. The Morgan fingerprint density at radius 2 is 2.00 bits per heavy atom. The molecule has 0 bridgehead atoms. The number of amides is 1. The summed E-state index contributed by atoms with van der Waals surface area (Å²) in [5.41, 5.74) is 0.950. The van der Waals surface area contributed by atoms with Crippen LogP contribution in [0.1, 0.15) is 32.6 Å². The van der Waals surface area contributed by atoms with Gasteiger partial charge in [-0.2, -0.15) is 0 Å². The topological polar surface area (TPSA) is 75.7 Å². The monoisotopic (exact) mass is 436 g/mol. The van der Waals surface area contributed by atoms with Crippen molar-refractivity contribution in [1.82, 2.24) is 0 Å². The first kappa shape index (κ1) is 21.6. The zero-order chi connectivity index (χ0) is 20.9. The van der Waals surface area contributed by atoms with E-state index in [1.54, 1.807) is 37.3 Å². The number of nitrogens with one attached hydrogen (secondary N) is 1. The molecule has 156 valence electrons. The Labute approximate surface area is 176 Å². The van der Waals surface area contributed by atoms with Gasteiger partial charge in [0.1, 0.15) is 4.90 Å². The smallest absolute Gasteiger partial charge is 0.265 e. The quantitative estimate of drug-likeness (QED) is 0.663. The van der Waals surface area contributed by atoms with Crippen molar-refractivity contribution in [3.8, 4) is 0 Å². The van der Waals surface area contributed by atoms with Gasteiger partial charge < -0.3 is 10.1 Å². The van der Waals surface area contributed by atoms with E-state index in [-0.39, 0.29) is 28.5 Å². The number of ether oxygens (including phenoxy) is 1. The molecule has 0 radical (unpaired) electrons. The summed E-state index contributed by atoms with van der Waals surface area (Å²) in [6.45, 7) is 2.76. The van der Waals surface area contributed by atoms with Crippen LogP contribution in [0, 0.1) is 0 Å². The average molecular weight is 437 g/mol. The van der Waals surface area contributed by atoms with Crippen LogP contribution in [0.3, 0.4) is 0 Å². The summed E-state index contributed by atoms with van der Waals surface area (Å²) in [6, 6.07) is 13.3. The van der Waals surface area contributed by atoms with E-state index in [1.807, 2.05) is 6.07 Å². The molecular weight excluding hydrogens is 412 g/mol. The van der Waals surface area contributed by atoms with Gasteiger partial charge in [-0.3, -0.25) is 9.10 Å². The number of sulfonamides is 1. The van der Waals surface area contributed by atoms with E-state index < -0.39 is 10.0 Å². The number of rotatable bonds is 8. The molecular formula is C21H25ClN2O4S. The maximum atomic E-state index is 13.2. The number of para-hydroxylation sites is 1. The first-order valence-corrected chi connectivity index (χ1v) is 11.5. The molecule has 0 aliphatic carbocycles. The molecule has 1 heterocycles. The summed E-state index contributed by atoms with van der Waals surface area (Å²) >= 11 is 6.22. The molecule has 8 heteroatoms. The third-order valence-corrected chi connectivity index (χ3v) is 7.22. The van der Waals surface area contributed by atoms with Crippen LogP contribution in [0.15, 0.2) is 53.4 Å². The average Bonchev–Trinajstić information content (AvgIpc) is 3.23. The van der Waals surface area contributed by atoms with Crippen LogP contribution in [-0.4, -0.2) is 33.6 Å². The molecule has 1 unspecified atom stereocenters. The van der Waals surface area contributed by atoms with Gasteiger partial charge in [-0.05, 0) is 56.5 Å². The van der Waals surface area contributed by atoms with Crippen LogP contribution in [0.25, 0.3) is 0 Å². The van der Waals surface area contributed by atoms with E-state index in [0.717, 1.165) is 19.4 Å². The molecule has 1 fully saturated rings. The van der Waals surface area contributed by atoms with Crippen LogP contribution in [0.4, 0.5) is 11.4 Å². The lowest BCUT2D eigenvalue weighted by molar-refractivity contribution is -0.116. The summed E-state index contributed by atoms with van der Waals surface area (Å²) < 4.78 is 33.3. The van der Waals surface area contributed by atoms with Gasteiger partial charge in [0, 0.05) is 25.3 Å². The first-order valence-electron chi connectivity index (χ1n) is 9.70. The number of benzene rings is 2. The Kier molecular flexibility index (Phi) is 7.16. The summed E-state index contributed by atoms with van der Waals surface area (Å²) in [6.07, 6.45) is 3.11. The number of anilines is 2. The van der Waals surface area contributed by atoms with Crippen LogP contribution < -0.4 is 9.62 Å². The molecule has 1 saturated heterocycles. The fraction of sp³-hybridized carbons (Fsp3) is 0.381. The molecule has 0 saturated carbocycles. The van der Waals surface area contributed by atoms with Gasteiger partial charge in [0.2, 0.25) is 5.91 Å². The fourth-order valence-electron chi connectivity index (χ4n) is 3.37. The Hall–Kier alpha value is -2.09. The van der Waals surface area contributed by atoms with Gasteiger partial charge >= 0.3 is 0 Å². The molecule has 2 aromatic carbocycles. The number of halogens is 1. The van der Waals surface area contributed by atoms with Crippen LogP contribution in [0.2, 0.25) is 5.02 Å². The zero-order valence-corrected chi connectivity index (χ0v) is 17.9. The van der Waals surface area contributed by atoms with Gasteiger partial charge in [0.25, 0.3) is 10.0 Å². The highest BCUT2D eigenvalue weighted by atomic mass is 35.5. The summed E-state index contributed by atoms with van der Waals surface area (Å²) in [5, 5.41) is 2.87. The number of hydrogen-bond donors (Lipinski definition) is 1. The van der Waals surface area contributed by atoms with Crippen LogP contribution in [0.5, 0.6) is 0 Å². The largest absolute Gasteiger partial charge is 0.378 e. The Balaban J connectivity index is 1.77. The van der Waals surface area contributed by atoms with Crippen molar-refractivity contribution in [3.05, 3.63) is 53.6 Å². The molecule has 29 heavy (non-hydrogen) atoms. The maximum absolute atomic E-state index is 13.2. The maximum Gasteiger partial charge on any atom is 0.265 e. The minimum absolute atomic E-state index is 0.0400. The highest BCUT2D eigenvalue weighted by molar-refractivity contribution is 7.93. The van der Waals surface area contributed by atoms with E-state index in [0.29, 0.717) is 24.2 Å². The number of carbonyl (C=O) groups is 1. The molecule has 2 aromatic rings. The third-order valence-electron chi connectivity index (χ3n) is 4.83. The molecule has 3 rings (SSSR count). The van der Waals surface area contributed by atoms with Crippen molar-refractivity contribution >= 4 is 38.9 Å². The van der Waals surface area contributed by atoms with Crippen molar-refractivity contribution in [3.63, 3.8) is 0 Å². The second-order valence-electron chi connectivity index (χ2n) is 6.87. The van der Waals surface area contributed by atoms with Crippen LogP contribution in [-0.2, 0) is 19.6 Å². The molecule has 1 N–H and O–H groups in total. The second-order valence-corrected chi connectivity index (χ2v) is 9.11. The van der Waals surface area contributed by atoms with Gasteiger partial charge in [0.15, 0.2) is 0 Å². The first-order chi connectivity index (χ1) is 13.9. The molecule has 1 atom stereocenters. The van der Waals surface area contributed by atoms with E-state index >= 15 is 0 Å². The van der Waals surface area contributed by atoms with Gasteiger partial charge in [-0.1, -0.05) is 29.8 Å². The predicted octanol–water partition coefficient (Wildman–Crippen LogP) is 4.45. The fourth-order valence-corrected chi connectivity index (χ4v) is 5.35. The summed E-state index contributed by atoms with van der Waals surface area (Å²) in [4.78, 5) is 12.2. The summed E-state index contributed by atoms with van der Waals surface area (Å²) in [5.74, 6) is -0.179. The Morgan fingerprint density at radius 1 is 1.24 bits per heavy atom. The molecule has 6 nitrogen and oxygen atoms in total. The minimum atomic E-state index is -3.89. The van der Waals surface area contributed by atoms with Crippen molar-refractivity contribution < 1.29 is 17.9 Å². The van der Waals surface area contributed by atoms with Gasteiger partial charge in [0.05, 0.1) is 16.8 Å². The number of carbonyl (C=O) groups excluding carboxylic acids is 1. The normalized spacial score (nSPS) is 16.6. The van der Waals surface area contributed by atoms with Gasteiger partial charge in [-0.15, -0.1) is 0 Å². The third kappa shape index (κ3) is 5.29. The van der Waals surface area contributed by atoms with Crippen LogP contribution >= 0.6 is 11.6 Å². The Bertz CT molecular complexity index is 944. The van der Waals surface area contributed by atoms with Gasteiger partial charge in [-0.25, -0.2) is 8.42 Å². The highest BCUT2D eigenvalue weighted by Gasteiger charge is 2.26. The SMILES string of the molecule is CCN(c1ccccc1)S(=O)(=O)c1cc(NC(=O)CCC2CCCO2)ccc1Cl. The standard InChI is InChI=1S/C21H25ClN2O4S/c1-2-24(17-7-4-3-5-8-17)29(26,27)20-15-16(10-12-19(20)22)23-21(25)13-11-18-9-6-14-28-18/h3-5,7-8,10,12,15,18H,2,6,9,11,13-14H2,1H3,(H,23,25). The van der Waals surface area contributed by atoms with E-state index in [9.17, 15) is 13.2 Å². The number of hydrogen-bond acceptors (Lipinski definition) is 4. The lowest BCUT2D eigenvalue weighted by Crippen LogP contribution is -2.31. The molecule has 1 aliphatic rings. The van der Waals surface area contributed by atoms with Crippen molar-refractivity contribution in [2.75, 3.05) is 22.8 Å². The van der Waals surface area contributed by atoms with E-state index in [2.05, 4.69) is 5.32 Å². The molecule has 1 amide bonds. The molecule has 0 spiro atoms. The number of nitrogens with zero attached hydrogens (tertiary/aromatic N) is 1. The van der Waals surface area contributed by atoms with E-state index in [4.69, 9.17) is 16.3 Å². The molecule has 1 aliphatic heterocycles. The predicted molar refractivity (Wildman–Crippen MR) is 115 cm³/mol. The lowest BCUT2D eigenvalue weighted by Gasteiger charge is -2.23. The lowest BCUT2D eigenvalue weighted by atomic mass is 10.1. The van der Waals surface area contributed by atoms with Crippen molar-refractivity contribution in [1.29, 1.82) is 0 Å².